The van der Waals surface area contributed by atoms with E-state index in [1.807, 2.05) is 18.2 Å². The van der Waals surface area contributed by atoms with Crippen molar-refractivity contribution in [2.75, 3.05) is 0 Å². The van der Waals surface area contributed by atoms with Crippen LogP contribution in [0.15, 0.2) is 42.7 Å². The van der Waals surface area contributed by atoms with Gasteiger partial charge in [-0.2, -0.15) is 0 Å². The molecule has 1 N–H and O–H groups in total. The Balaban J connectivity index is 2.13. The molecule has 0 spiro atoms. The number of phenolic OH excluding ortho intramolecular Hbond substituents is 1. The molecule has 100 valence electrons. The van der Waals surface area contributed by atoms with E-state index in [1.165, 1.54) is 4.57 Å². The van der Waals surface area contributed by atoms with E-state index in [0.29, 0.717) is 22.3 Å². The molecule has 0 aliphatic heterocycles. The third kappa shape index (κ3) is 1.86. The third-order valence-electron chi connectivity index (χ3n) is 3.41. The number of aryl methyl sites for hydroxylation is 2. The number of rotatable bonds is 1. The van der Waals surface area contributed by atoms with Crippen molar-refractivity contribution >= 4 is 16.9 Å². The van der Waals surface area contributed by atoms with Crippen molar-refractivity contribution < 1.29 is 9.90 Å². The molecule has 0 saturated heterocycles. The van der Waals surface area contributed by atoms with Gasteiger partial charge in [-0.05, 0) is 55.3 Å². The van der Waals surface area contributed by atoms with Gasteiger partial charge in [0.05, 0.1) is 0 Å². The lowest BCUT2D eigenvalue weighted by Crippen LogP contribution is -2.11. The minimum Gasteiger partial charge on any atom is -0.507 e. The van der Waals surface area contributed by atoms with Crippen LogP contribution in [-0.2, 0) is 0 Å². The standard InChI is InChI=1S/C16H14N2O2/c1-10-8-13(9-11(2)14(10)19)16(20)18-7-5-12-4-3-6-17-15(12)18/h3-9,19H,1-2H3. The summed E-state index contributed by atoms with van der Waals surface area (Å²) < 4.78 is 1.53. The second-order valence-corrected chi connectivity index (χ2v) is 4.87. The molecule has 3 aromatic rings. The van der Waals surface area contributed by atoms with E-state index < -0.39 is 0 Å². The zero-order chi connectivity index (χ0) is 14.3. The lowest BCUT2D eigenvalue weighted by atomic mass is 10.1. The molecule has 20 heavy (non-hydrogen) atoms. The monoisotopic (exact) mass is 266 g/mol. The number of fused-ring (bicyclic) bond motifs is 1. The van der Waals surface area contributed by atoms with Gasteiger partial charge in [-0.3, -0.25) is 9.36 Å². The second-order valence-electron chi connectivity index (χ2n) is 4.87. The first-order valence-corrected chi connectivity index (χ1v) is 6.35. The molecular formula is C16H14N2O2. The summed E-state index contributed by atoms with van der Waals surface area (Å²) in [5.41, 5.74) is 2.57. The number of pyridine rings is 1. The van der Waals surface area contributed by atoms with Crippen LogP contribution in [0.4, 0.5) is 0 Å². The second kappa shape index (κ2) is 4.49. The van der Waals surface area contributed by atoms with Crippen molar-refractivity contribution in [2.24, 2.45) is 0 Å². The molecule has 1 aromatic carbocycles. The van der Waals surface area contributed by atoms with Crippen LogP contribution in [0.1, 0.15) is 21.5 Å². The van der Waals surface area contributed by atoms with Gasteiger partial charge in [-0.1, -0.05) is 0 Å². The lowest BCUT2D eigenvalue weighted by molar-refractivity contribution is 0.0964. The Morgan fingerprint density at radius 3 is 2.60 bits per heavy atom. The Kier molecular flexibility index (Phi) is 2.79. The molecule has 4 heteroatoms. The van der Waals surface area contributed by atoms with Crippen LogP contribution >= 0.6 is 0 Å². The van der Waals surface area contributed by atoms with Gasteiger partial charge >= 0.3 is 0 Å². The minimum absolute atomic E-state index is 0.148. The van der Waals surface area contributed by atoms with Gasteiger partial charge in [0.25, 0.3) is 5.91 Å². The normalized spacial score (nSPS) is 10.9. The van der Waals surface area contributed by atoms with Crippen molar-refractivity contribution in [3.05, 3.63) is 59.4 Å². The highest BCUT2D eigenvalue weighted by Crippen LogP contribution is 2.24. The molecule has 2 heterocycles. The average Bonchev–Trinajstić information content (AvgIpc) is 2.87. The summed E-state index contributed by atoms with van der Waals surface area (Å²) in [5, 5.41) is 10.7. The number of phenols is 1. The largest absolute Gasteiger partial charge is 0.507 e. The first-order chi connectivity index (χ1) is 9.58. The molecule has 0 unspecified atom stereocenters. The van der Waals surface area contributed by atoms with Gasteiger partial charge in [-0.25, -0.2) is 4.98 Å². The highest BCUT2D eigenvalue weighted by atomic mass is 16.3. The van der Waals surface area contributed by atoms with Crippen LogP contribution in [0, 0.1) is 13.8 Å². The third-order valence-corrected chi connectivity index (χ3v) is 3.41. The fourth-order valence-corrected chi connectivity index (χ4v) is 2.35. The summed E-state index contributed by atoms with van der Waals surface area (Å²) in [6.45, 7) is 3.57. The van der Waals surface area contributed by atoms with Crippen molar-refractivity contribution in [2.45, 2.75) is 13.8 Å². The number of aromatic hydroxyl groups is 1. The van der Waals surface area contributed by atoms with Gasteiger partial charge in [0.2, 0.25) is 0 Å². The Hall–Kier alpha value is -2.62. The fraction of sp³-hybridized carbons (Fsp3) is 0.125. The van der Waals surface area contributed by atoms with Crippen LogP contribution in [0.25, 0.3) is 11.0 Å². The summed E-state index contributed by atoms with van der Waals surface area (Å²) in [6, 6.07) is 9.00. The number of carbonyl (C=O) groups excluding carboxylic acids is 1. The van der Waals surface area contributed by atoms with E-state index in [1.54, 1.807) is 38.4 Å². The summed E-state index contributed by atoms with van der Waals surface area (Å²) in [7, 11) is 0. The van der Waals surface area contributed by atoms with Crippen molar-refractivity contribution in [3.8, 4) is 5.75 Å². The summed E-state index contributed by atoms with van der Waals surface area (Å²) in [5.74, 6) is 0.0851. The molecule has 0 fully saturated rings. The van der Waals surface area contributed by atoms with Gasteiger partial charge < -0.3 is 5.11 Å². The maximum absolute atomic E-state index is 12.6. The SMILES string of the molecule is Cc1cc(C(=O)n2ccc3cccnc32)cc(C)c1O. The van der Waals surface area contributed by atoms with Gasteiger partial charge in [-0.15, -0.1) is 0 Å². The van der Waals surface area contributed by atoms with Gasteiger partial charge in [0.1, 0.15) is 11.4 Å². The van der Waals surface area contributed by atoms with Crippen LogP contribution in [0.2, 0.25) is 0 Å². The Morgan fingerprint density at radius 2 is 1.90 bits per heavy atom. The quantitative estimate of drug-likeness (QED) is 0.736. The van der Waals surface area contributed by atoms with Crippen LogP contribution < -0.4 is 0 Å². The topological polar surface area (TPSA) is 55.1 Å². The maximum atomic E-state index is 12.6. The van der Waals surface area contributed by atoms with Crippen molar-refractivity contribution in [3.63, 3.8) is 0 Å². The van der Waals surface area contributed by atoms with Crippen LogP contribution in [-0.4, -0.2) is 20.6 Å². The zero-order valence-electron chi connectivity index (χ0n) is 11.3. The maximum Gasteiger partial charge on any atom is 0.263 e. The molecule has 3 rings (SSSR count). The van der Waals surface area contributed by atoms with E-state index in [4.69, 9.17) is 0 Å². The summed E-state index contributed by atoms with van der Waals surface area (Å²) >= 11 is 0. The number of nitrogens with zero attached hydrogens (tertiary/aromatic N) is 2. The Labute approximate surface area is 116 Å². The molecule has 0 atom stereocenters. The molecule has 0 bridgehead atoms. The fourth-order valence-electron chi connectivity index (χ4n) is 2.35. The van der Waals surface area contributed by atoms with Gasteiger partial charge in [0.15, 0.2) is 0 Å². The van der Waals surface area contributed by atoms with E-state index in [0.717, 1.165) is 5.39 Å². The van der Waals surface area contributed by atoms with E-state index in [9.17, 15) is 9.90 Å². The van der Waals surface area contributed by atoms with E-state index in [2.05, 4.69) is 4.98 Å². The minimum atomic E-state index is -0.148. The van der Waals surface area contributed by atoms with E-state index in [-0.39, 0.29) is 11.7 Å². The highest BCUT2D eigenvalue weighted by Gasteiger charge is 2.14. The molecule has 2 aromatic heterocycles. The number of hydrogen-bond acceptors (Lipinski definition) is 3. The summed E-state index contributed by atoms with van der Waals surface area (Å²) in [4.78, 5) is 16.8. The number of hydrogen-bond donors (Lipinski definition) is 1. The van der Waals surface area contributed by atoms with Gasteiger partial charge in [0, 0.05) is 23.3 Å². The number of benzene rings is 1. The Morgan fingerprint density at radius 1 is 1.20 bits per heavy atom. The Bertz CT molecular complexity index is 795. The predicted molar refractivity (Wildman–Crippen MR) is 77.0 cm³/mol. The molecular weight excluding hydrogens is 252 g/mol. The van der Waals surface area contributed by atoms with Crippen molar-refractivity contribution in [1.82, 2.24) is 9.55 Å². The first kappa shape index (κ1) is 12.4. The molecule has 4 nitrogen and oxygen atoms in total. The molecule has 0 amide bonds. The number of carbonyl (C=O) groups is 1. The highest BCUT2D eigenvalue weighted by molar-refractivity contribution is 6.01. The lowest BCUT2D eigenvalue weighted by Gasteiger charge is -2.08. The molecule has 0 aliphatic carbocycles. The smallest absolute Gasteiger partial charge is 0.263 e. The van der Waals surface area contributed by atoms with Crippen molar-refractivity contribution in [1.29, 1.82) is 0 Å². The zero-order valence-corrected chi connectivity index (χ0v) is 11.3. The first-order valence-electron chi connectivity index (χ1n) is 6.35. The van der Waals surface area contributed by atoms with Crippen LogP contribution in [0.3, 0.4) is 0 Å². The average molecular weight is 266 g/mol. The predicted octanol–water partition coefficient (Wildman–Crippen LogP) is 3.05. The molecule has 0 aliphatic rings. The summed E-state index contributed by atoms with van der Waals surface area (Å²) in [6.07, 6.45) is 3.39. The molecule has 0 radical (unpaired) electrons. The van der Waals surface area contributed by atoms with E-state index >= 15 is 0 Å². The number of aromatic nitrogens is 2. The van der Waals surface area contributed by atoms with Crippen LogP contribution in [0.5, 0.6) is 5.75 Å². The molecule has 0 saturated carbocycles.